The molecular weight excluding hydrogens is 314 g/mol. The molecule has 0 aromatic heterocycles. The number of ether oxygens (including phenoxy) is 2. The lowest BCUT2D eigenvalue weighted by molar-refractivity contribution is -0.122. The van der Waals surface area contributed by atoms with Gasteiger partial charge in [-0.05, 0) is 61.4 Å². The first-order valence-corrected chi connectivity index (χ1v) is 7.79. The van der Waals surface area contributed by atoms with Gasteiger partial charge in [-0.15, -0.1) is 0 Å². The molecule has 2 aromatic rings. The van der Waals surface area contributed by atoms with Crippen molar-refractivity contribution in [1.82, 2.24) is 0 Å². The molecule has 2 aromatic carbocycles. The van der Waals surface area contributed by atoms with E-state index in [-0.39, 0.29) is 5.91 Å². The number of nitrogens with one attached hydrogen (secondary N) is 1. The summed E-state index contributed by atoms with van der Waals surface area (Å²) in [6.45, 7) is 3.80. The smallest absolute Gasteiger partial charge is 0.265 e. The van der Waals surface area contributed by atoms with Crippen molar-refractivity contribution >= 4 is 23.2 Å². The van der Waals surface area contributed by atoms with Gasteiger partial charge in [0.2, 0.25) is 0 Å². The molecule has 0 saturated heterocycles. The van der Waals surface area contributed by atoms with Crippen LogP contribution in [0, 0.1) is 6.92 Å². The van der Waals surface area contributed by atoms with Crippen LogP contribution in [0.3, 0.4) is 0 Å². The normalized spacial score (nSPS) is 11.7. The van der Waals surface area contributed by atoms with Crippen LogP contribution in [0.4, 0.5) is 5.69 Å². The van der Waals surface area contributed by atoms with E-state index in [4.69, 9.17) is 21.1 Å². The molecule has 5 heteroatoms. The molecule has 0 radical (unpaired) electrons. The maximum absolute atomic E-state index is 12.4. The van der Waals surface area contributed by atoms with Gasteiger partial charge in [-0.1, -0.05) is 18.5 Å². The van der Waals surface area contributed by atoms with Crippen molar-refractivity contribution in [3.05, 3.63) is 53.1 Å². The van der Waals surface area contributed by atoms with Gasteiger partial charge in [0.25, 0.3) is 5.91 Å². The van der Waals surface area contributed by atoms with Gasteiger partial charge >= 0.3 is 0 Å². The van der Waals surface area contributed by atoms with Crippen LogP contribution in [-0.2, 0) is 4.79 Å². The predicted molar refractivity (Wildman–Crippen MR) is 92.5 cm³/mol. The van der Waals surface area contributed by atoms with Crippen LogP contribution < -0.4 is 14.8 Å². The van der Waals surface area contributed by atoms with E-state index in [1.807, 2.05) is 19.9 Å². The Morgan fingerprint density at radius 1 is 1.17 bits per heavy atom. The molecule has 23 heavy (non-hydrogen) atoms. The minimum absolute atomic E-state index is 0.186. The van der Waals surface area contributed by atoms with Gasteiger partial charge < -0.3 is 14.8 Å². The number of carbonyl (C=O) groups excluding carboxylic acids is 1. The molecular formula is C18H20ClNO3. The number of methoxy groups -OCH3 is 1. The fourth-order valence-corrected chi connectivity index (χ4v) is 2.35. The number of anilines is 1. The molecule has 1 atom stereocenters. The summed E-state index contributed by atoms with van der Waals surface area (Å²) in [6, 6.07) is 12.5. The molecule has 0 spiro atoms. The molecule has 0 aliphatic rings. The van der Waals surface area contributed by atoms with Crippen LogP contribution in [0.1, 0.15) is 18.9 Å². The van der Waals surface area contributed by atoms with E-state index < -0.39 is 6.10 Å². The number of amides is 1. The van der Waals surface area contributed by atoms with Gasteiger partial charge in [0.05, 0.1) is 7.11 Å². The standard InChI is InChI=1S/C18H20ClNO3/c1-4-17(23-15-8-6-14(22-3)7-9-15)18(21)20-16-10-5-13(19)11-12(16)2/h5-11,17H,4H2,1-3H3,(H,20,21). The van der Waals surface area contributed by atoms with Crippen molar-refractivity contribution in [2.45, 2.75) is 26.4 Å². The summed E-state index contributed by atoms with van der Waals surface area (Å²) in [6.07, 6.45) is -0.0108. The first kappa shape index (κ1) is 17.2. The highest BCUT2D eigenvalue weighted by atomic mass is 35.5. The van der Waals surface area contributed by atoms with Gasteiger partial charge in [-0.25, -0.2) is 0 Å². The molecule has 0 saturated carbocycles. The lowest BCUT2D eigenvalue weighted by Crippen LogP contribution is -2.32. The van der Waals surface area contributed by atoms with E-state index in [1.54, 1.807) is 43.5 Å². The summed E-state index contributed by atoms with van der Waals surface area (Å²) in [5.74, 6) is 1.18. The Hall–Kier alpha value is -2.20. The molecule has 1 unspecified atom stereocenters. The molecule has 1 N–H and O–H groups in total. The van der Waals surface area contributed by atoms with Gasteiger partial charge in [0.1, 0.15) is 11.5 Å². The van der Waals surface area contributed by atoms with Crippen molar-refractivity contribution < 1.29 is 14.3 Å². The van der Waals surface area contributed by atoms with Crippen LogP contribution in [0.5, 0.6) is 11.5 Å². The summed E-state index contributed by atoms with van der Waals surface area (Å²) in [7, 11) is 1.60. The molecule has 0 fully saturated rings. The van der Waals surface area contributed by atoms with Gasteiger partial charge in [-0.2, -0.15) is 0 Å². The number of hydrogen-bond donors (Lipinski definition) is 1. The Bertz CT molecular complexity index is 670. The highest BCUT2D eigenvalue weighted by molar-refractivity contribution is 6.30. The zero-order valence-corrected chi connectivity index (χ0v) is 14.2. The quantitative estimate of drug-likeness (QED) is 0.849. The van der Waals surface area contributed by atoms with Crippen molar-refractivity contribution in [3.63, 3.8) is 0 Å². The molecule has 4 nitrogen and oxygen atoms in total. The third-order valence-corrected chi connectivity index (χ3v) is 3.68. The Balaban J connectivity index is 2.05. The van der Waals surface area contributed by atoms with E-state index in [2.05, 4.69) is 5.32 Å². The first-order chi connectivity index (χ1) is 11.0. The summed E-state index contributed by atoms with van der Waals surface area (Å²) in [5, 5.41) is 3.52. The summed E-state index contributed by atoms with van der Waals surface area (Å²) >= 11 is 5.93. The number of hydrogen-bond acceptors (Lipinski definition) is 3. The van der Waals surface area contributed by atoms with Crippen molar-refractivity contribution in [1.29, 1.82) is 0 Å². The Labute approximate surface area is 141 Å². The minimum Gasteiger partial charge on any atom is -0.497 e. The fourth-order valence-electron chi connectivity index (χ4n) is 2.12. The Morgan fingerprint density at radius 3 is 2.39 bits per heavy atom. The minimum atomic E-state index is -0.571. The monoisotopic (exact) mass is 333 g/mol. The van der Waals surface area contributed by atoms with Crippen LogP contribution >= 0.6 is 11.6 Å². The number of benzene rings is 2. The third kappa shape index (κ3) is 4.63. The maximum Gasteiger partial charge on any atom is 0.265 e. The molecule has 2 rings (SSSR count). The van der Waals surface area contributed by atoms with Crippen LogP contribution in [-0.4, -0.2) is 19.1 Å². The summed E-state index contributed by atoms with van der Waals surface area (Å²) < 4.78 is 10.9. The Morgan fingerprint density at radius 2 is 1.83 bits per heavy atom. The first-order valence-electron chi connectivity index (χ1n) is 7.41. The molecule has 122 valence electrons. The largest absolute Gasteiger partial charge is 0.497 e. The predicted octanol–water partition coefficient (Wildman–Crippen LogP) is 4.45. The van der Waals surface area contributed by atoms with E-state index >= 15 is 0 Å². The van der Waals surface area contributed by atoms with E-state index in [1.165, 1.54) is 0 Å². The highest BCUT2D eigenvalue weighted by Crippen LogP contribution is 2.22. The second-order valence-corrected chi connectivity index (χ2v) is 5.58. The van der Waals surface area contributed by atoms with E-state index in [0.717, 1.165) is 17.0 Å². The molecule has 1 amide bonds. The van der Waals surface area contributed by atoms with Crippen LogP contribution in [0.2, 0.25) is 5.02 Å². The molecule has 0 bridgehead atoms. The molecule has 0 aliphatic heterocycles. The second kappa shape index (κ2) is 7.88. The zero-order valence-electron chi connectivity index (χ0n) is 13.4. The second-order valence-electron chi connectivity index (χ2n) is 5.14. The maximum atomic E-state index is 12.4. The lowest BCUT2D eigenvalue weighted by atomic mass is 10.2. The van der Waals surface area contributed by atoms with Crippen molar-refractivity contribution in [2.24, 2.45) is 0 Å². The molecule has 0 heterocycles. The van der Waals surface area contributed by atoms with Crippen LogP contribution in [0.15, 0.2) is 42.5 Å². The fraction of sp³-hybridized carbons (Fsp3) is 0.278. The van der Waals surface area contributed by atoms with Gasteiger partial charge in [0.15, 0.2) is 6.10 Å². The van der Waals surface area contributed by atoms with Crippen molar-refractivity contribution in [2.75, 3.05) is 12.4 Å². The van der Waals surface area contributed by atoms with Crippen LogP contribution in [0.25, 0.3) is 0 Å². The average Bonchev–Trinajstić information content (AvgIpc) is 2.55. The SMILES string of the molecule is CCC(Oc1ccc(OC)cc1)C(=O)Nc1ccc(Cl)cc1C. The number of aryl methyl sites for hydroxylation is 1. The van der Waals surface area contributed by atoms with E-state index in [0.29, 0.717) is 17.2 Å². The van der Waals surface area contributed by atoms with Gasteiger partial charge in [0, 0.05) is 10.7 Å². The summed E-state index contributed by atoms with van der Waals surface area (Å²) in [5.41, 5.74) is 1.64. The van der Waals surface area contributed by atoms with Crippen molar-refractivity contribution in [3.8, 4) is 11.5 Å². The lowest BCUT2D eigenvalue weighted by Gasteiger charge is -2.18. The number of carbonyl (C=O) groups is 1. The average molecular weight is 334 g/mol. The third-order valence-electron chi connectivity index (χ3n) is 3.45. The topological polar surface area (TPSA) is 47.6 Å². The molecule has 0 aliphatic carbocycles. The van der Waals surface area contributed by atoms with Gasteiger partial charge in [-0.3, -0.25) is 4.79 Å². The Kier molecular flexibility index (Phi) is 5.88. The number of rotatable bonds is 6. The van der Waals surface area contributed by atoms with E-state index in [9.17, 15) is 4.79 Å². The summed E-state index contributed by atoms with van der Waals surface area (Å²) in [4.78, 5) is 12.4. The number of halogens is 1. The highest BCUT2D eigenvalue weighted by Gasteiger charge is 2.19. The zero-order chi connectivity index (χ0) is 16.8.